The van der Waals surface area contributed by atoms with Crippen LogP contribution in [0.15, 0.2) is 29.3 Å². The number of ether oxygens (including phenoxy) is 1. The molecule has 16 heavy (non-hydrogen) atoms. The lowest BCUT2D eigenvalue weighted by Crippen LogP contribution is -2.12. The van der Waals surface area contributed by atoms with E-state index in [0.717, 1.165) is 23.0 Å². The van der Waals surface area contributed by atoms with E-state index in [-0.39, 0.29) is 0 Å². The highest BCUT2D eigenvalue weighted by Crippen LogP contribution is 2.32. The van der Waals surface area contributed by atoms with Gasteiger partial charge in [-0.2, -0.15) is 0 Å². The maximum Gasteiger partial charge on any atom is 0.151 e. The standard InChI is InChI=1S/C12H12N2OS/c1-8-6-14-10-4-3-9(16-2)5-11(10)15-7-12(14)13-8/h3-6H,7H2,1-2H3. The molecular formula is C12H12N2OS. The number of hydrogen-bond donors (Lipinski definition) is 0. The average Bonchev–Trinajstić information content (AvgIpc) is 2.69. The lowest BCUT2D eigenvalue weighted by atomic mass is 10.2. The topological polar surface area (TPSA) is 27.1 Å². The van der Waals surface area contributed by atoms with E-state index in [2.05, 4.69) is 40.2 Å². The molecule has 0 amide bonds. The number of thioether (sulfide) groups is 1. The van der Waals surface area contributed by atoms with Crippen LogP contribution in [0, 0.1) is 6.92 Å². The first-order valence-corrected chi connectivity index (χ1v) is 6.36. The van der Waals surface area contributed by atoms with Crippen molar-refractivity contribution >= 4 is 11.8 Å². The summed E-state index contributed by atoms with van der Waals surface area (Å²) in [7, 11) is 0. The van der Waals surface area contributed by atoms with Crippen LogP contribution in [0.2, 0.25) is 0 Å². The van der Waals surface area contributed by atoms with Gasteiger partial charge in [0.1, 0.15) is 12.4 Å². The number of rotatable bonds is 1. The van der Waals surface area contributed by atoms with Gasteiger partial charge >= 0.3 is 0 Å². The molecule has 0 fully saturated rings. The molecule has 0 bridgehead atoms. The van der Waals surface area contributed by atoms with Crippen LogP contribution in [-0.2, 0) is 6.61 Å². The summed E-state index contributed by atoms with van der Waals surface area (Å²) in [6.45, 7) is 2.56. The molecule has 0 atom stereocenters. The highest BCUT2D eigenvalue weighted by molar-refractivity contribution is 7.98. The molecule has 4 heteroatoms. The van der Waals surface area contributed by atoms with Gasteiger partial charge in [-0.25, -0.2) is 4.98 Å². The third-order valence-corrected chi connectivity index (χ3v) is 3.41. The lowest BCUT2D eigenvalue weighted by Gasteiger charge is -2.19. The SMILES string of the molecule is CSc1ccc2c(c1)OCc1nc(C)cn1-2. The van der Waals surface area contributed by atoms with Gasteiger partial charge in [-0.3, -0.25) is 4.57 Å². The highest BCUT2D eigenvalue weighted by atomic mass is 32.2. The van der Waals surface area contributed by atoms with Gasteiger partial charge in [0.2, 0.25) is 0 Å². The first-order chi connectivity index (χ1) is 7.78. The predicted octanol–water partition coefficient (Wildman–Crippen LogP) is 2.80. The third-order valence-electron chi connectivity index (χ3n) is 2.68. The zero-order valence-corrected chi connectivity index (χ0v) is 10.0. The summed E-state index contributed by atoms with van der Waals surface area (Å²) in [6.07, 6.45) is 4.12. The number of nitrogens with zero attached hydrogens (tertiary/aromatic N) is 2. The largest absolute Gasteiger partial charge is 0.483 e. The van der Waals surface area contributed by atoms with Gasteiger partial charge in [0.15, 0.2) is 5.82 Å². The molecule has 0 saturated carbocycles. The number of fused-ring (bicyclic) bond motifs is 3. The van der Waals surface area contributed by atoms with Gasteiger partial charge in [0.05, 0.1) is 11.4 Å². The lowest BCUT2D eigenvalue weighted by molar-refractivity contribution is 0.279. The van der Waals surface area contributed by atoms with E-state index < -0.39 is 0 Å². The molecule has 0 spiro atoms. The number of benzene rings is 1. The first-order valence-electron chi connectivity index (χ1n) is 5.14. The molecule has 1 aromatic heterocycles. The van der Waals surface area contributed by atoms with Gasteiger partial charge in [-0.05, 0) is 31.4 Å². The van der Waals surface area contributed by atoms with Crippen LogP contribution >= 0.6 is 11.8 Å². The van der Waals surface area contributed by atoms with Crippen molar-refractivity contribution in [2.24, 2.45) is 0 Å². The molecule has 1 aromatic carbocycles. The molecule has 2 heterocycles. The first kappa shape index (κ1) is 9.78. The minimum absolute atomic E-state index is 0.554. The molecule has 0 unspecified atom stereocenters. The Morgan fingerprint density at radius 1 is 1.44 bits per heavy atom. The highest BCUT2D eigenvalue weighted by Gasteiger charge is 2.18. The Balaban J connectivity index is 2.17. The van der Waals surface area contributed by atoms with Crippen molar-refractivity contribution in [3.63, 3.8) is 0 Å². The monoisotopic (exact) mass is 232 g/mol. The maximum absolute atomic E-state index is 5.71. The van der Waals surface area contributed by atoms with Crippen LogP contribution in [0.3, 0.4) is 0 Å². The van der Waals surface area contributed by atoms with Crippen LogP contribution in [0.1, 0.15) is 11.5 Å². The summed E-state index contributed by atoms with van der Waals surface area (Å²) in [5.41, 5.74) is 2.11. The third kappa shape index (κ3) is 1.41. The molecule has 0 radical (unpaired) electrons. The Hall–Kier alpha value is -1.42. The predicted molar refractivity (Wildman–Crippen MR) is 64.4 cm³/mol. The van der Waals surface area contributed by atoms with E-state index in [1.165, 1.54) is 4.90 Å². The fraction of sp³-hybridized carbons (Fsp3) is 0.250. The summed E-state index contributed by atoms with van der Waals surface area (Å²) in [6, 6.07) is 6.28. The fourth-order valence-corrected chi connectivity index (χ4v) is 2.37. The van der Waals surface area contributed by atoms with E-state index in [4.69, 9.17) is 4.74 Å². The van der Waals surface area contributed by atoms with E-state index in [9.17, 15) is 0 Å². The second kappa shape index (κ2) is 3.56. The second-order valence-electron chi connectivity index (χ2n) is 3.79. The van der Waals surface area contributed by atoms with Crippen LogP contribution in [0.4, 0.5) is 0 Å². The zero-order chi connectivity index (χ0) is 11.1. The van der Waals surface area contributed by atoms with E-state index in [1.54, 1.807) is 11.8 Å². The number of aryl methyl sites for hydroxylation is 1. The normalized spacial score (nSPS) is 12.9. The Morgan fingerprint density at radius 3 is 3.12 bits per heavy atom. The Morgan fingerprint density at radius 2 is 2.31 bits per heavy atom. The van der Waals surface area contributed by atoms with Gasteiger partial charge < -0.3 is 4.74 Å². The van der Waals surface area contributed by atoms with Crippen LogP contribution in [0.25, 0.3) is 5.69 Å². The molecule has 82 valence electrons. The number of imidazole rings is 1. The van der Waals surface area contributed by atoms with Crippen molar-refractivity contribution in [3.05, 3.63) is 35.9 Å². The van der Waals surface area contributed by atoms with Crippen molar-refractivity contribution in [1.29, 1.82) is 0 Å². The number of aromatic nitrogens is 2. The zero-order valence-electron chi connectivity index (χ0n) is 9.23. The molecule has 0 saturated heterocycles. The van der Waals surface area contributed by atoms with E-state index >= 15 is 0 Å². The minimum Gasteiger partial charge on any atom is -0.483 e. The Labute approximate surface area is 98.5 Å². The van der Waals surface area contributed by atoms with Crippen molar-refractivity contribution < 1.29 is 4.74 Å². The van der Waals surface area contributed by atoms with E-state index in [1.807, 2.05) is 6.92 Å². The van der Waals surface area contributed by atoms with Gasteiger partial charge in [0, 0.05) is 11.1 Å². The Bertz CT molecular complexity index is 548. The molecule has 2 aromatic rings. The molecule has 3 rings (SSSR count). The van der Waals surface area contributed by atoms with E-state index in [0.29, 0.717) is 6.61 Å². The van der Waals surface area contributed by atoms with Gasteiger partial charge in [-0.15, -0.1) is 11.8 Å². The van der Waals surface area contributed by atoms with Crippen molar-refractivity contribution in [2.75, 3.05) is 6.26 Å². The molecular weight excluding hydrogens is 220 g/mol. The Kier molecular flexibility index (Phi) is 2.17. The van der Waals surface area contributed by atoms with Gasteiger partial charge in [-0.1, -0.05) is 0 Å². The molecule has 1 aliphatic rings. The molecule has 3 nitrogen and oxygen atoms in total. The summed E-state index contributed by atoms with van der Waals surface area (Å²) in [4.78, 5) is 5.65. The van der Waals surface area contributed by atoms with Crippen molar-refractivity contribution in [1.82, 2.24) is 9.55 Å². The summed E-state index contributed by atoms with van der Waals surface area (Å²) in [5.74, 6) is 1.92. The quantitative estimate of drug-likeness (QED) is 0.707. The average molecular weight is 232 g/mol. The molecule has 1 aliphatic heterocycles. The summed E-state index contributed by atoms with van der Waals surface area (Å²) >= 11 is 1.72. The van der Waals surface area contributed by atoms with Crippen LogP contribution in [-0.4, -0.2) is 15.8 Å². The molecule has 0 N–H and O–H groups in total. The second-order valence-corrected chi connectivity index (χ2v) is 4.67. The summed E-state index contributed by atoms with van der Waals surface area (Å²) < 4.78 is 7.82. The summed E-state index contributed by atoms with van der Waals surface area (Å²) in [5, 5.41) is 0. The molecule has 0 aliphatic carbocycles. The maximum atomic E-state index is 5.71. The van der Waals surface area contributed by atoms with Crippen LogP contribution in [0.5, 0.6) is 5.75 Å². The fourth-order valence-electron chi connectivity index (χ4n) is 1.94. The van der Waals surface area contributed by atoms with Crippen molar-refractivity contribution in [2.45, 2.75) is 18.4 Å². The van der Waals surface area contributed by atoms with Crippen molar-refractivity contribution in [3.8, 4) is 11.4 Å². The number of hydrogen-bond acceptors (Lipinski definition) is 3. The van der Waals surface area contributed by atoms with Gasteiger partial charge in [0.25, 0.3) is 0 Å². The van der Waals surface area contributed by atoms with Crippen LogP contribution < -0.4 is 4.74 Å². The smallest absolute Gasteiger partial charge is 0.151 e. The minimum atomic E-state index is 0.554.